The van der Waals surface area contributed by atoms with Gasteiger partial charge in [-0.3, -0.25) is 9.59 Å². The van der Waals surface area contributed by atoms with Crippen molar-refractivity contribution < 1.29 is 19.4 Å². The normalized spacial score (nSPS) is 48.5. The van der Waals surface area contributed by atoms with Crippen LogP contribution in [0.3, 0.4) is 0 Å². The molecule has 4 rings (SSSR count). The number of aliphatic hydroxyl groups is 1. The maximum Gasteiger partial charge on any atom is 0.306 e. The van der Waals surface area contributed by atoms with Crippen LogP contribution in [0.1, 0.15) is 72.1 Å². The van der Waals surface area contributed by atoms with E-state index in [0.717, 1.165) is 38.5 Å². The Morgan fingerprint density at radius 1 is 1.12 bits per heavy atom. The van der Waals surface area contributed by atoms with Crippen molar-refractivity contribution in [1.82, 2.24) is 0 Å². The Morgan fingerprint density at radius 3 is 2.54 bits per heavy atom. The molecule has 0 aromatic rings. The van der Waals surface area contributed by atoms with Crippen molar-refractivity contribution in [2.45, 2.75) is 77.7 Å². The second-order valence-corrected chi connectivity index (χ2v) is 9.73. The molecule has 3 fully saturated rings. The second-order valence-electron chi connectivity index (χ2n) is 9.73. The molecule has 0 aromatic heterocycles. The van der Waals surface area contributed by atoms with Crippen LogP contribution in [0.4, 0.5) is 0 Å². The lowest BCUT2D eigenvalue weighted by Crippen LogP contribution is -2.52. The van der Waals surface area contributed by atoms with Gasteiger partial charge in [0.25, 0.3) is 0 Å². The Labute approximate surface area is 156 Å². The van der Waals surface area contributed by atoms with Gasteiger partial charge in [0.2, 0.25) is 0 Å². The standard InChI is InChI=1S/C22H32O4/c1-14-17(5-4-15-12-16(24)6-9-20(14,15)2)18-7-10-22(21(18,3)13-23)11-8-19(25)26-22/h12,14,17-18,23H,4-11,13H2,1-3H3/t14?,17?,18?,20-,21+,22?/m1/s1. The molecule has 1 N–H and O–H groups in total. The fourth-order valence-electron chi connectivity index (χ4n) is 6.93. The molecule has 1 saturated heterocycles. The molecule has 0 bridgehead atoms. The van der Waals surface area contributed by atoms with Gasteiger partial charge in [0, 0.05) is 18.3 Å². The van der Waals surface area contributed by atoms with Crippen molar-refractivity contribution >= 4 is 11.8 Å². The van der Waals surface area contributed by atoms with Crippen molar-refractivity contribution in [1.29, 1.82) is 0 Å². The molecule has 6 atom stereocenters. The molecule has 26 heavy (non-hydrogen) atoms. The molecular formula is C22H32O4. The summed E-state index contributed by atoms with van der Waals surface area (Å²) in [5.41, 5.74) is 0.598. The highest BCUT2D eigenvalue weighted by Gasteiger charge is 2.64. The predicted molar refractivity (Wildman–Crippen MR) is 98.3 cm³/mol. The Kier molecular flexibility index (Phi) is 4.15. The minimum atomic E-state index is -0.469. The monoisotopic (exact) mass is 360 g/mol. The van der Waals surface area contributed by atoms with Gasteiger partial charge < -0.3 is 9.84 Å². The number of carbonyl (C=O) groups is 2. The fraction of sp³-hybridized carbons (Fsp3) is 0.818. The van der Waals surface area contributed by atoms with Gasteiger partial charge in [0.15, 0.2) is 5.78 Å². The number of fused-ring (bicyclic) bond motifs is 1. The van der Waals surface area contributed by atoms with Gasteiger partial charge in [0.05, 0.1) is 6.61 Å². The van der Waals surface area contributed by atoms with Gasteiger partial charge in [-0.15, -0.1) is 0 Å². The summed E-state index contributed by atoms with van der Waals surface area (Å²) in [7, 11) is 0. The van der Waals surface area contributed by atoms with Gasteiger partial charge in [-0.1, -0.05) is 26.3 Å². The molecule has 1 heterocycles. The van der Waals surface area contributed by atoms with Crippen LogP contribution in [0.2, 0.25) is 0 Å². The molecule has 4 unspecified atom stereocenters. The number of ether oxygens (including phenoxy) is 1. The number of ketones is 1. The number of carbonyl (C=O) groups excluding carboxylic acids is 2. The van der Waals surface area contributed by atoms with E-state index in [2.05, 4.69) is 20.8 Å². The van der Waals surface area contributed by atoms with Crippen LogP contribution >= 0.6 is 0 Å². The molecule has 4 heteroatoms. The summed E-state index contributed by atoms with van der Waals surface area (Å²) in [6, 6.07) is 0. The Balaban J connectivity index is 1.65. The second kappa shape index (κ2) is 5.92. The van der Waals surface area contributed by atoms with Gasteiger partial charge in [-0.05, 0) is 67.8 Å². The average Bonchev–Trinajstić information content (AvgIpc) is 3.13. The van der Waals surface area contributed by atoms with E-state index >= 15 is 0 Å². The van der Waals surface area contributed by atoms with E-state index in [1.807, 2.05) is 6.08 Å². The molecule has 3 aliphatic carbocycles. The minimum absolute atomic E-state index is 0.0755. The summed E-state index contributed by atoms with van der Waals surface area (Å²) in [4.78, 5) is 23.8. The first-order chi connectivity index (χ1) is 12.3. The zero-order valence-electron chi connectivity index (χ0n) is 16.3. The Morgan fingerprint density at radius 2 is 1.88 bits per heavy atom. The van der Waals surface area contributed by atoms with Gasteiger partial charge in [-0.2, -0.15) is 0 Å². The third kappa shape index (κ3) is 2.30. The molecule has 2 saturated carbocycles. The number of hydrogen-bond donors (Lipinski definition) is 1. The van der Waals surface area contributed by atoms with Crippen LogP contribution in [0.25, 0.3) is 0 Å². The summed E-state index contributed by atoms with van der Waals surface area (Å²) >= 11 is 0. The smallest absolute Gasteiger partial charge is 0.306 e. The SMILES string of the molecule is CC1C(C2CCC3(CCC(=O)O3)[C@@]2(C)CO)CCC2=CC(=O)CC[C@@]21C. The van der Waals surface area contributed by atoms with Crippen LogP contribution in [-0.4, -0.2) is 29.1 Å². The van der Waals surface area contributed by atoms with E-state index in [1.165, 1.54) is 5.57 Å². The van der Waals surface area contributed by atoms with Crippen LogP contribution in [0, 0.1) is 28.6 Å². The van der Waals surface area contributed by atoms with Crippen molar-refractivity contribution in [3.05, 3.63) is 11.6 Å². The van der Waals surface area contributed by atoms with Crippen LogP contribution in [0.5, 0.6) is 0 Å². The highest BCUT2D eigenvalue weighted by Crippen LogP contribution is 2.64. The van der Waals surface area contributed by atoms with Crippen LogP contribution < -0.4 is 0 Å². The van der Waals surface area contributed by atoms with E-state index in [0.29, 0.717) is 30.6 Å². The Hall–Kier alpha value is -1.16. The maximum atomic E-state index is 11.9. The third-order valence-electron chi connectivity index (χ3n) is 8.96. The quantitative estimate of drug-likeness (QED) is 0.761. The van der Waals surface area contributed by atoms with Crippen molar-refractivity contribution in [2.75, 3.05) is 6.61 Å². The van der Waals surface area contributed by atoms with Crippen LogP contribution in [-0.2, 0) is 14.3 Å². The third-order valence-corrected chi connectivity index (χ3v) is 8.96. The summed E-state index contributed by atoms with van der Waals surface area (Å²) in [6.07, 6.45) is 8.69. The van der Waals surface area contributed by atoms with Crippen molar-refractivity contribution in [2.24, 2.45) is 28.6 Å². The fourth-order valence-corrected chi connectivity index (χ4v) is 6.93. The first-order valence-corrected chi connectivity index (χ1v) is 10.3. The summed E-state index contributed by atoms with van der Waals surface area (Å²) in [5.74, 6) is 1.51. The van der Waals surface area contributed by atoms with Crippen molar-refractivity contribution in [3.63, 3.8) is 0 Å². The van der Waals surface area contributed by atoms with E-state index in [4.69, 9.17) is 4.74 Å². The lowest BCUT2D eigenvalue weighted by molar-refractivity contribution is -0.165. The largest absolute Gasteiger partial charge is 0.458 e. The molecule has 0 amide bonds. The number of allylic oxidation sites excluding steroid dienone is 2. The Bertz CT molecular complexity index is 667. The van der Waals surface area contributed by atoms with Crippen molar-refractivity contribution in [3.8, 4) is 0 Å². The molecule has 1 spiro atoms. The average molecular weight is 360 g/mol. The van der Waals surface area contributed by atoms with E-state index in [9.17, 15) is 14.7 Å². The molecule has 1 aliphatic heterocycles. The zero-order chi connectivity index (χ0) is 18.7. The van der Waals surface area contributed by atoms with Gasteiger partial charge >= 0.3 is 5.97 Å². The van der Waals surface area contributed by atoms with E-state index in [-0.39, 0.29) is 29.2 Å². The highest BCUT2D eigenvalue weighted by atomic mass is 16.6. The van der Waals surface area contributed by atoms with Gasteiger partial charge in [0.1, 0.15) is 5.60 Å². The minimum Gasteiger partial charge on any atom is -0.458 e. The highest BCUT2D eigenvalue weighted by molar-refractivity contribution is 5.91. The lowest BCUT2D eigenvalue weighted by Gasteiger charge is -2.53. The van der Waals surface area contributed by atoms with Crippen LogP contribution in [0.15, 0.2) is 11.6 Å². The maximum absolute atomic E-state index is 11.9. The molecule has 0 aromatic carbocycles. The number of esters is 1. The number of rotatable bonds is 2. The molecule has 4 aliphatic rings. The molecule has 4 nitrogen and oxygen atoms in total. The predicted octanol–water partition coefficient (Wildman–Crippen LogP) is 3.81. The number of hydrogen-bond acceptors (Lipinski definition) is 4. The summed E-state index contributed by atoms with van der Waals surface area (Å²) in [5, 5.41) is 10.4. The first kappa shape index (κ1) is 18.2. The van der Waals surface area contributed by atoms with E-state index in [1.54, 1.807) is 0 Å². The number of aliphatic hydroxyl groups excluding tert-OH is 1. The molecule has 0 radical (unpaired) electrons. The summed E-state index contributed by atoms with van der Waals surface area (Å²) in [6.45, 7) is 6.90. The molecular weight excluding hydrogens is 328 g/mol. The lowest BCUT2D eigenvalue weighted by atomic mass is 9.52. The zero-order valence-corrected chi connectivity index (χ0v) is 16.3. The van der Waals surface area contributed by atoms with Gasteiger partial charge in [-0.25, -0.2) is 0 Å². The first-order valence-electron chi connectivity index (χ1n) is 10.3. The topological polar surface area (TPSA) is 63.6 Å². The molecule has 144 valence electrons. The summed E-state index contributed by atoms with van der Waals surface area (Å²) < 4.78 is 5.86. The van der Waals surface area contributed by atoms with E-state index < -0.39 is 5.60 Å².